The number of hydrogen-bond acceptors (Lipinski definition) is 3. The Labute approximate surface area is 108 Å². The fourth-order valence-electron chi connectivity index (χ4n) is 2.01. The molecule has 2 rings (SSSR count). The molecule has 0 spiro atoms. The Bertz CT molecular complexity index is 485. The van der Waals surface area contributed by atoms with Gasteiger partial charge in [0.15, 0.2) is 0 Å². The van der Waals surface area contributed by atoms with E-state index >= 15 is 0 Å². The molecule has 2 N–H and O–H groups in total. The summed E-state index contributed by atoms with van der Waals surface area (Å²) in [5.74, 6) is 0. The van der Waals surface area contributed by atoms with Crippen molar-refractivity contribution in [3.8, 4) is 0 Å². The van der Waals surface area contributed by atoms with Crippen molar-refractivity contribution >= 4 is 10.8 Å². The highest BCUT2D eigenvalue weighted by Crippen LogP contribution is 2.14. The minimum atomic E-state index is 0.304. The van der Waals surface area contributed by atoms with Crippen molar-refractivity contribution in [1.29, 1.82) is 0 Å². The average Bonchev–Trinajstić information content (AvgIpc) is 2.42. The second-order valence-electron chi connectivity index (χ2n) is 4.52. The van der Waals surface area contributed by atoms with Gasteiger partial charge in [-0.1, -0.05) is 12.1 Å². The van der Waals surface area contributed by atoms with Gasteiger partial charge in [-0.3, -0.25) is 4.98 Å². The molecule has 3 heteroatoms. The lowest BCUT2D eigenvalue weighted by atomic mass is 10.1. The summed E-state index contributed by atoms with van der Waals surface area (Å²) in [4.78, 5) is 4.11. The molecule has 0 amide bonds. The molecule has 1 aromatic heterocycles. The third-order valence-electron chi connectivity index (χ3n) is 3.05. The predicted octanol–water partition coefficient (Wildman–Crippen LogP) is 2.49. The molecule has 1 heterocycles. The van der Waals surface area contributed by atoms with Crippen LogP contribution >= 0.6 is 0 Å². The number of benzene rings is 1. The van der Waals surface area contributed by atoms with Gasteiger partial charge in [-0.15, -0.1) is 0 Å². The summed E-state index contributed by atoms with van der Waals surface area (Å²) in [7, 11) is 0. The van der Waals surface area contributed by atoms with Gasteiger partial charge in [0.05, 0.1) is 0 Å². The van der Waals surface area contributed by atoms with Gasteiger partial charge in [-0.05, 0) is 48.9 Å². The monoisotopic (exact) mass is 244 g/mol. The van der Waals surface area contributed by atoms with Crippen LogP contribution in [-0.2, 0) is 6.54 Å². The summed E-state index contributed by atoms with van der Waals surface area (Å²) in [6.07, 6.45) is 6.84. The van der Waals surface area contributed by atoms with Crippen LogP contribution in [0.25, 0.3) is 10.8 Å². The number of hydrogen-bond donors (Lipinski definition) is 2. The lowest BCUT2D eigenvalue weighted by molar-refractivity contribution is 0.283. The second-order valence-corrected chi connectivity index (χ2v) is 4.52. The number of nitrogens with zero attached hydrogens (tertiary/aromatic N) is 1. The molecule has 0 bridgehead atoms. The molecule has 1 aromatic carbocycles. The SMILES string of the molecule is OCCCCCNCc1ccc2cnccc2c1. The first kappa shape index (κ1) is 13.0. The average molecular weight is 244 g/mol. The zero-order valence-electron chi connectivity index (χ0n) is 10.6. The summed E-state index contributed by atoms with van der Waals surface area (Å²) in [5, 5.41) is 14.5. The highest BCUT2D eigenvalue weighted by Gasteiger charge is 1.96. The quantitative estimate of drug-likeness (QED) is 0.735. The first-order chi connectivity index (χ1) is 8.90. The highest BCUT2D eigenvalue weighted by atomic mass is 16.2. The van der Waals surface area contributed by atoms with Crippen LogP contribution in [0.4, 0.5) is 0 Å². The van der Waals surface area contributed by atoms with Gasteiger partial charge >= 0.3 is 0 Å². The van der Waals surface area contributed by atoms with E-state index in [-0.39, 0.29) is 0 Å². The molecule has 0 saturated heterocycles. The third-order valence-corrected chi connectivity index (χ3v) is 3.05. The van der Waals surface area contributed by atoms with Crippen LogP contribution in [0, 0.1) is 0 Å². The Kier molecular flexibility index (Phi) is 5.12. The number of aliphatic hydroxyl groups excluding tert-OH is 1. The van der Waals surface area contributed by atoms with Gasteiger partial charge in [-0.2, -0.15) is 0 Å². The van der Waals surface area contributed by atoms with Crippen LogP contribution in [0.5, 0.6) is 0 Å². The van der Waals surface area contributed by atoms with E-state index in [1.165, 1.54) is 16.3 Å². The molecular weight excluding hydrogens is 224 g/mol. The summed E-state index contributed by atoms with van der Waals surface area (Å²) in [6.45, 7) is 2.21. The molecule has 0 aliphatic carbocycles. The Morgan fingerprint density at radius 3 is 2.89 bits per heavy atom. The van der Waals surface area contributed by atoms with Gasteiger partial charge in [0.1, 0.15) is 0 Å². The lowest BCUT2D eigenvalue weighted by Gasteiger charge is -2.06. The maximum Gasteiger partial charge on any atom is 0.0431 e. The maximum atomic E-state index is 8.68. The lowest BCUT2D eigenvalue weighted by Crippen LogP contribution is -2.14. The van der Waals surface area contributed by atoms with Gasteiger partial charge in [0, 0.05) is 30.9 Å². The van der Waals surface area contributed by atoms with Crippen molar-refractivity contribution in [2.45, 2.75) is 25.8 Å². The molecule has 0 aliphatic heterocycles. The van der Waals surface area contributed by atoms with E-state index in [4.69, 9.17) is 5.11 Å². The number of aliphatic hydroxyl groups is 1. The first-order valence-corrected chi connectivity index (χ1v) is 6.54. The van der Waals surface area contributed by atoms with Crippen molar-refractivity contribution < 1.29 is 5.11 Å². The van der Waals surface area contributed by atoms with Crippen LogP contribution in [-0.4, -0.2) is 23.2 Å². The molecule has 18 heavy (non-hydrogen) atoms. The van der Waals surface area contributed by atoms with E-state index in [2.05, 4.69) is 28.5 Å². The molecule has 0 unspecified atom stereocenters. The molecule has 0 fully saturated rings. The highest BCUT2D eigenvalue weighted by molar-refractivity contribution is 5.81. The van der Waals surface area contributed by atoms with E-state index in [9.17, 15) is 0 Å². The van der Waals surface area contributed by atoms with Crippen molar-refractivity contribution in [3.05, 3.63) is 42.2 Å². The van der Waals surface area contributed by atoms with Crippen molar-refractivity contribution in [1.82, 2.24) is 10.3 Å². The molecule has 0 saturated carbocycles. The number of pyridine rings is 1. The zero-order valence-corrected chi connectivity index (χ0v) is 10.6. The largest absolute Gasteiger partial charge is 0.396 e. The van der Waals surface area contributed by atoms with Gasteiger partial charge in [0.2, 0.25) is 0 Å². The van der Waals surface area contributed by atoms with Crippen molar-refractivity contribution in [3.63, 3.8) is 0 Å². The van der Waals surface area contributed by atoms with E-state index in [0.717, 1.165) is 32.4 Å². The molecule has 2 aromatic rings. The van der Waals surface area contributed by atoms with Crippen LogP contribution in [0.3, 0.4) is 0 Å². The van der Waals surface area contributed by atoms with Gasteiger partial charge in [-0.25, -0.2) is 0 Å². The number of unbranched alkanes of at least 4 members (excludes halogenated alkanes) is 2. The minimum absolute atomic E-state index is 0.304. The Morgan fingerprint density at radius 2 is 2.00 bits per heavy atom. The maximum absolute atomic E-state index is 8.68. The predicted molar refractivity (Wildman–Crippen MR) is 74.4 cm³/mol. The summed E-state index contributed by atoms with van der Waals surface area (Å²) < 4.78 is 0. The molecule has 3 nitrogen and oxygen atoms in total. The summed E-state index contributed by atoms with van der Waals surface area (Å²) in [5.41, 5.74) is 1.30. The van der Waals surface area contributed by atoms with E-state index < -0.39 is 0 Å². The van der Waals surface area contributed by atoms with Crippen LogP contribution in [0.15, 0.2) is 36.7 Å². The Hall–Kier alpha value is -1.45. The second kappa shape index (κ2) is 7.09. The van der Waals surface area contributed by atoms with Crippen LogP contribution < -0.4 is 5.32 Å². The van der Waals surface area contributed by atoms with E-state index in [0.29, 0.717) is 6.61 Å². The molecule has 0 radical (unpaired) electrons. The van der Waals surface area contributed by atoms with E-state index in [1.54, 1.807) is 0 Å². The fraction of sp³-hybridized carbons (Fsp3) is 0.400. The number of fused-ring (bicyclic) bond motifs is 1. The minimum Gasteiger partial charge on any atom is -0.396 e. The van der Waals surface area contributed by atoms with Gasteiger partial charge < -0.3 is 10.4 Å². The van der Waals surface area contributed by atoms with Crippen molar-refractivity contribution in [2.75, 3.05) is 13.2 Å². The standard InChI is InChI=1S/C15H20N2O/c18-9-3-1-2-7-16-11-13-4-5-15-12-17-8-6-14(15)10-13/h4-6,8,10,12,16,18H,1-3,7,9,11H2. The number of rotatable bonds is 7. The Morgan fingerprint density at radius 1 is 1.06 bits per heavy atom. The normalized spacial score (nSPS) is 10.9. The molecule has 96 valence electrons. The number of aromatic nitrogens is 1. The first-order valence-electron chi connectivity index (χ1n) is 6.54. The summed E-state index contributed by atoms with van der Waals surface area (Å²) >= 11 is 0. The van der Waals surface area contributed by atoms with Gasteiger partial charge in [0.25, 0.3) is 0 Å². The van der Waals surface area contributed by atoms with Crippen LogP contribution in [0.2, 0.25) is 0 Å². The smallest absolute Gasteiger partial charge is 0.0431 e. The zero-order chi connectivity index (χ0) is 12.6. The third kappa shape index (κ3) is 3.79. The molecular formula is C15H20N2O. The van der Waals surface area contributed by atoms with Crippen molar-refractivity contribution in [2.24, 2.45) is 0 Å². The molecule has 0 aliphatic rings. The topological polar surface area (TPSA) is 45.1 Å². The Balaban J connectivity index is 1.81. The van der Waals surface area contributed by atoms with Crippen LogP contribution in [0.1, 0.15) is 24.8 Å². The fourth-order valence-corrected chi connectivity index (χ4v) is 2.01. The summed E-state index contributed by atoms with van der Waals surface area (Å²) in [6, 6.07) is 8.51. The van der Waals surface area contributed by atoms with E-state index in [1.807, 2.05) is 18.5 Å². The number of nitrogens with one attached hydrogen (secondary N) is 1. The molecule has 0 atom stereocenters.